The minimum Gasteiger partial charge on any atom is -0.550 e. The zero-order valence-corrected chi connectivity index (χ0v) is 14.0. The first-order chi connectivity index (χ1) is 11.9. The molecule has 0 aliphatic heterocycles. The topological polar surface area (TPSA) is 85.9 Å². The molecule has 0 saturated carbocycles. The SMILES string of the molecule is CCc1ccnc(C(=O)c2[nH]c3ccc(Cl)cc3c2CC(=O)[O-])c1F. The number of nitrogens with zero attached hydrogens (tertiary/aromatic N) is 1. The van der Waals surface area contributed by atoms with Gasteiger partial charge in [-0.25, -0.2) is 9.37 Å². The highest BCUT2D eigenvalue weighted by Crippen LogP contribution is 2.28. The van der Waals surface area contributed by atoms with Crippen LogP contribution in [0.1, 0.15) is 34.2 Å². The first-order valence-corrected chi connectivity index (χ1v) is 7.98. The number of nitrogens with one attached hydrogen (secondary N) is 1. The Morgan fingerprint density at radius 3 is 2.76 bits per heavy atom. The average molecular weight is 360 g/mol. The number of hydrogen-bond donors (Lipinski definition) is 1. The third-order valence-electron chi connectivity index (χ3n) is 3.98. The molecule has 0 unspecified atom stereocenters. The number of fused-ring (bicyclic) bond motifs is 1. The van der Waals surface area contributed by atoms with Crippen molar-refractivity contribution in [3.63, 3.8) is 0 Å². The number of aryl methyl sites for hydroxylation is 1. The van der Waals surface area contributed by atoms with Crippen molar-refractivity contribution in [2.45, 2.75) is 19.8 Å². The van der Waals surface area contributed by atoms with Gasteiger partial charge in [0, 0.05) is 34.5 Å². The van der Waals surface area contributed by atoms with Gasteiger partial charge in [-0.05, 0) is 41.8 Å². The van der Waals surface area contributed by atoms with Crippen molar-refractivity contribution in [2.24, 2.45) is 0 Å². The highest BCUT2D eigenvalue weighted by Gasteiger charge is 2.24. The van der Waals surface area contributed by atoms with Crippen molar-refractivity contribution in [1.29, 1.82) is 0 Å². The molecule has 25 heavy (non-hydrogen) atoms. The molecule has 0 atom stereocenters. The molecule has 3 rings (SSSR count). The number of aliphatic carboxylic acids is 1. The molecule has 1 aromatic carbocycles. The van der Waals surface area contributed by atoms with Crippen LogP contribution < -0.4 is 5.11 Å². The summed E-state index contributed by atoms with van der Waals surface area (Å²) in [5.74, 6) is -2.77. The molecule has 2 heterocycles. The summed E-state index contributed by atoms with van der Waals surface area (Å²) >= 11 is 5.96. The van der Waals surface area contributed by atoms with E-state index in [2.05, 4.69) is 9.97 Å². The van der Waals surface area contributed by atoms with E-state index in [1.807, 2.05) is 0 Å². The molecule has 0 aliphatic carbocycles. The van der Waals surface area contributed by atoms with E-state index in [1.165, 1.54) is 12.3 Å². The van der Waals surface area contributed by atoms with E-state index in [0.717, 1.165) is 0 Å². The number of H-pyrrole nitrogens is 1. The van der Waals surface area contributed by atoms with E-state index in [4.69, 9.17) is 11.6 Å². The lowest BCUT2D eigenvalue weighted by molar-refractivity contribution is -0.304. The summed E-state index contributed by atoms with van der Waals surface area (Å²) in [6.07, 6.45) is 1.26. The number of carboxylic acids is 1. The number of pyridine rings is 1. The molecule has 0 radical (unpaired) electrons. The first-order valence-electron chi connectivity index (χ1n) is 7.60. The van der Waals surface area contributed by atoms with Gasteiger partial charge >= 0.3 is 0 Å². The largest absolute Gasteiger partial charge is 0.550 e. The van der Waals surface area contributed by atoms with Crippen molar-refractivity contribution < 1.29 is 19.1 Å². The minimum atomic E-state index is -1.36. The smallest absolute Gasteiger partial charge is 0.230 e. The Morgan fingerprint density at radius 2 is 2.08 bits per heavy atom. The van der Waals surface area contributed by atoms with Crippen molar-refractivity contribution in [3.05, 3.63) is 63.8 Å². The maximum atomic E-state index is 14.5. The molecule has 0 spiro atoms. The van der Waals surface area contributed by atoms with Gasteiger partial charge in [-0.3, -0.25) is 4.79 Å². The van der Waals surface area contributed by atoms with Crippen LogP contribution in [0.4, 0.5) is 4.39 Å². The van der Waals surface area contributed by atoms with Gasteiger partial charge in [-0.15, -0.1) is 0 Å². The molecule has 0 aliphatic rings. The normalized spacial score (nSPS) is 11.0. The average Bonchev–Trinajstić information content (AvgIpc) is 2.92. The summed E-state index contributed by atoms with van der Waals surface area (Å²) in [6, 6.07) is 6.28. The van der Waals surface area contributed by atoms with E-state index in [-0.39, 0.29) is 17.0 Å². The molecular formula is C18H13ClFN2O3-. The maximum Gasteiger partial charge on any atom is 0.230 e. The molecule has 0 amide bonds. The fourth-order valence-electron chi connectivity index (χ4n) is 2.78. The molecule has 0 fully saturated rings. The molecule has 5 nitrogen and oxygen atoms in total. The zero-order valence-electron chi connectivity index (χ0n) is 13.2. The van der Waals surface area contributed by atoms with Crippen LogP contribution in [0, 0.1) is 5.82 Å². The minimum absolute atomic E-state index is 0.0267. The summed E-state index contributed by atoms with van der Waals surface area (Å²) in [5, 5.41) is 12.0. The van der Waals surface area contributed by atoms with Crippen LogP contribution in [0.5, 0.6) is 0 Å². The predicted molar refractivity (Wildman–Crippen MR) is 89.0 cm³/mol. The van der Waals surface area contributed by atoms with Gasteiger partial charge in [0.05, 0.1) is 5.69 Å². The quantitative estimate of drug-likeness (QED) is 0.709. The second kappa shape index (κ2) is 6.64. The molecule has 7 heteroatoms. The number of ketones is 1. The first kappa shape index (κ1) is 17.1. The Labute approximate surface area is 147 Å². The van der Waals surface area contributed by atoms with E-state index >= 15 is 0 Å². The van der Waals surface area contributed by atoms with Crippen molar-refractivity contribution in [2.75, 3.05) is 0 Å². The monoisotopic (exact) mass is 359 g/mol. The Balaban J connectivity index is 2.21. The van der Waals surface area contributed by atoms with Gasteiger partial charge in [0.2, 0.25) is 5.78 Å². The molecular weight excluding hydrogens is 347 g/mol. The van der Waals surface area contributed by atoms with Gasteiger partial charge in [0.1, 0.15) is 5.69 Å². The number of aromatic amines is 1. The van der Waals surface area contributed by atoms with Crippen molar-refractivity contribution >= 4 is 34.3 Å². The van der Waals surface area contributed by atoms with E-state index in [0.29, 0.717) is 27.9 Å². The fraction of sp³-hybridized carbons (Fsp3) is 0.167. The van der Waals surface area contributed by atoms with E-state index in [1.54, 1.807) is 25.1 Å². The van der Waals surface area contributed by atoms with Crippen LogP contribution in [0.2, 0.25) is 5.02 Å². The van der Waals surface area contributed by atoms with Crippen LogP contribution >= 0.6 is 11.6 Å². The maximum absolute atomic E-state index is 14.5. The van der Waals surface area contributed by atoms with Crippen molar-refractivity contribution in [1.82, 2.24) is 9.97 Å². The number of benzene rings is 1. The lowest BCUT2D eigenvalue weighted by Crippen LogP contribution is -2.25. The zero-order chi connectivity index (χ0) is 18.1. The summed E-state index contributed by atoms with van der Waals surface area (Å²) < 4.78 is 14.5. The lowest BCUT2D eigenvalue weighted by atomic mass is 10.0. The molecule has 3 aromatic rings. The van der Waals surface area contributed by atoms with Gasteiger partial charge in [-0.1, -0.05) is 18.5 Å². The number of hydrogen-bond acceptors (Lipinski definition) is 4. The number of carbonyl (C=O) groups excluding carboxylic acids is 2. The van der Waals surface area contributed by atoms with Gasteiger partial charge in [0.15, 0.2) is 5.82 Å². The third-order valence-corrected chi connectivity index (χ3v) is 4.22. The number of rotatable bonds is 5. The predicted octanol–water partition coefficient (Wildman–Crippen LogP) is 2.44. The van der Waals surface area contributed by atoms with Gasteiger partial charge in [-0.2, -0.15) is 0 Å². The van der Waals surface area contributed by atoms with E-state index in [9.17, 15) is 19.1 Å². The molecule has 0 saturated heterocycles. The van der Waals surface area contributed by atoms with Crippen LogP contribution in [0.15, 0.2) is 30.5 Å². The van der Waals surface area contributed by atoms with Gasteiger partial charge < -0.3 is 14.9 Å². The summed E-state index contributed by atoms with van der Waals surface area (Å²) in [6.45, 7) is 1.76. The Bertz CT molecular complexity index is 997. The third kappa shape index (κ3) is 3.13. The summed E-state index contributed by atoms with van der Waals surface area (Å²) in [5.41, 5.74) is 0.707. The van der Waals surface area contributed by atoms with Crippen LogP contribution in [0.3, 0.4) is 0 Å². The van der Waals surface area contributed by atoms with Crippen LogP contribution in [-0.2, 0) is 17.6 Å². The molecule has 128 valence electrons. The Morgan fingerprint density at radius 1 is 1.32 bits per heavy atom. The highest BCUT2D eigenvalue weighted by atomic mass is 35.5. The summed E-state index contributed by atoms with van der Waals surface area (Å²) in [4.78, 5) is 30.6. The second-order valence-electron chi connectivity index (χ2n) is 5.53. The molecule has 1 N–H and O–H groups in total. The van der Waals surface area contributed by atoms with Crippen molar-refractivity contribution in [3.8, 4) is 0 Å². The van der Waals surface area contributed by atoms with Crippen LogP contribution in [0.25, 0.3) is 10.9 Å². The van der Waals surface area contributed by atoms with Gasteiger partial charge in [0.25, 0.3) is 0 Å². The number of carboxylic acid groups (broad SMARTS) is 1. The van der Waals surface area contributed by atoms with E-state index < -0.39 is 24.0 Å². The summed E-state index contributed by atoms with van der Waals surface area (Å²) in [7, 11) is 0. The second-order valence-corrected chi connectivity index (χ2v) is 5.97. The number of halogens is 2. The fourth-order valence-corrected chi connectivity index (χ4v) is 2.95. The number of carbonyl (C=O) groups is 2. The number of aromatic nitrogens is 2. The highest BCUT2D eigenvalue weighted by molar-refractivity contribution is 6.31. The van der Waals surface area contributed by atoms with Crippen LogP contribution in [-0.4, -0.2) is 21.7 Å². The molecule has 2 aromatic heterocycles. The Kier molecular flexibility index (Phi) is 4.55. The Hall–Kier alpha value is -2.73. The standard InChI is InChI=1S/C18H14ClFN2O3/c1-2-9-5-6-21-17(15(9)20)18(25)16-12(8-14(23)24)11-7-10(19)3-4-13(11)22-16/h3-7,22H,2,8H2,1H3,(H,23,24)/p-1. The molecule has 0 bridgehead atoms. The lowest BCUT2D eigenvalue weighted by Gasteiger charge is -2.07.